The van der Waals surface area contributed by atoms with Crippen LogP contribution in [0.15, 0.2) is 24.3 Å². The van der Waals surface area contributed by atoms with Crippen LogP contribution in [0.4, 0.5) is 0 Å². The van der Waals surface area contributed by atoms with E-state index in [0.29, 0.717) is 11.2 Å². The summed E-state index contributed by atoms with van der Waals surface area (Å²) in [6, 6.07) is 6.29. The number of benzene rings is 1. The van der Waals surface area contributed by atoms with E-state index in [9.17, 15) is 4.79 Å². The maximum atomic E-state index is 10.8. The summed E-state index contributed by atoms with van der Waals surface area (Å²) in [5.74, 6) is -0.357. The van der Waals surface area contributed by atoms with Crippen molar-refractivity contribution in [1.82, 2.24) is 5.32 Å². The predicted octanol–water partition coefficient (Wildman–Crippen LogP) is -0.845. The molecule has 0 spiro atoms. The van der Waals surface area contributed by atoms with E-state index in [-0.39, 0.29) is 5.37 Å². The first kappa shape index (κ1) is 12.4. The van der Waals surface area contributed by atoms with Gasteiger partial charge < -0.3 is 15.2 Å². The minimum atomic E-state index is -1.50. The highest BCUT2D eigenvalue weighted by molar-refractivity contribution is 7.99. The summed E-state index contributed by atoms with van der Waals surface area (Å²) in [5.41, 5.74) is 1.26. The van der Waals surface area contributed by atoms with Crippen LogP contribution in [0.3, 0.4) is 0 Å². The van der Waals surface area contributed by atoms with E-state index in [0.717, 1.165) is 5.56 Å². The van der Waals surface area contributed by atoms with Crippen molar-refractivity contribution >= 4 is 30.3 Å². The van der Waals surface area contributed by atoms with Crippen LogP contribution in [-0.2, 0) is 4.79 Å². The van der Waals surface area contributed by atoms with Crippen LogP contribution in [0.25, 0.3) is 0 Å². The van der Waals surface area contributed by atoms with Gasteiger partial charge in [-0.25, -0.2) is 0 Å². The topological polar surface area (TPSA) is 89.8 Å². The second kappa shape index (κ2) is 5.09. The summed E-state index contributed by atoms with van der Waals surface area (Å²) in [6.07, 6.45) is 0. The molecular formula is C10H12BNO4S. The summed E-state index contributed by atoms with van der Waals surface area (Å²) < 4.78 is 0. The molecule has 0 radical (unpaired) electrons. The third-order valence-electron chi connectivity index (χ3n) is 2.59. The van der Waals surface area contributed by atoms with Gasteiger partial charge in [-0.05, 0) is 11.0 Å². The van der Waals surface area contributed by atoms with Crippen molar-refractivity contribution in [2.24, 2.45) is 0 Å². The van der Waals surface area contributed by atoms with Crippen LogP contribution in [0.1, 0.15) is 10.9 Å². The summed E-state index contributed by atoms with van der Waals surface area (Å²) in [7, 11) is -1.50. The number of carboxylic acids is 1. The van der Waals surface area contributed by atoms with Crippen LogP contribution < -0.4 is 10.8 Å². The Labute approximate surface area is 103 Å². The Morgan fingerprint density at radius 1 is 1.47 bits per heavy atom. The van der Waals surface area contributed by atoms with E-state index in [1.807, 2.05) is 6.07 Å². The number of carboxylic acid groups (broad SMARTS) is 1. The van der Waals surface area contributed by atoms with Gasteiger partial charge in [-0.1, -0.05) is 24.3 Å². The Balaban J connectivity index is 2.13. The molecule has 1 aromatic carbocycles. The van der Waals surface area contributed by atoms with Crippen molar-refractivity contribution < 1.29 is 19.9 Å². The monoisotopic (exact) mass is 253 g/mol. The standard InChI is InChI=1S/C10H12BNO4S/c13-10(14)8-5-17-9(12-8)6-2-1-3-7(4-6)11(15)16/h1-4,8-9,12,15-16H,5H2,(H,13,14)/t8-,9+/m0/s1. The van der Waals surface area contributed by atoms with Crippen LogP contribution in [0, 0.1) is 0 Å². The molecule has 1 fully saturated rings. The first-order valence-electron chi connectivity index (χ1n) is 5.14. The normalized spacial score (nSPS) is 23.6. The number of thioether (sulfide) groups is 1. The molecule has 2 rings (SSSR count). The van der Waals surface area contributed by atoms with Crippen LogP contribution in [0.2, 0.25) is 0 Å². The lowest BCUT2D eigenvalue weighted by Crippen LogP contribution is -2.34. The van der Waals surface area contributed by atoms with E-state index in [2.05, 4.69) is 5.32 Å². The molecule has 2 atom stereocenters. The molecule has 17 heavy (non-hydrogen) atoms. The molecule has 0 aromatic heterocycles. The van der Waals surface area contributed by atoms with Crippen molar-refractivity contribution in [3.05, 3.63) is 29.8 Å². The van der Waals surface area contributed by atoms with Gasteiger partial charge in [0.05, 0.1) is 5.37 Å². The fourth-order valence-corrected chi connectivity index (χ4v) is 2.91. The van der Waals surface area contributed by atoms with Crippen LogP contribution >= 0.6 is 11.8 Å². The first-order chi connectivity index (χ1) is 8.08. The van der Waals surface area contributed by atoms with Gasteiger partial charge in [0.2, 0.25) is 0 Å². The highest BCUT2D eigenvalue weighted by Crippen LogP contribution is 2.32. The molecule has 1 saturated heterocycles. The Morgan fingerprint density at radius 3 is 2.82 bits per heavy atom. The van der Waals surface area contributed by atoms with Crippen molar-refractivity contribution in [1.29, 1.82) is 0 Å². The zero-order chi connectivity index (χ0) is 12.4. The van der Waals surface area contributed by atoms with E-state index in [4.69, 9.17) is 15.2 Å². The van der Waals surface area contributed by atoms with Gasteiger partial charge in [0.1, 0.15) is 6.04 Å². The van der Waals surface area contributed by atoms with Crippen molar-refractivity contribution in [3.8, 4) is 0 Å². The molecule has 5 nitrogen and oxygen atoms in total. The van der Waals surface area contributed by atoms with Crippen molar-refractivity contribution in [3.63, 3.8) is 0 Å². The Morgan fingerprint density at radius 2 is 2.24 bits per heavy atom. The van der Waals surface area contributed by atoms with E-state index in [1.165, 1.54) is 11.8 Å². The number of aliphatic carboxylic acids is 1. The largest absolute Gasteiger partial charge is 0.488 e. The van der Waals surface area contributed by atoms with Gasteiger partial charge in [0, 0.05) is 5.75 Å². The van der Waals surface area contributed by atoms with E-state index in [1.54, 1.807) is 18.2 Å². The number of hydrogen-bond donors (Lipinski definition) is 4. The van der Waals surface area contributed by atoms with Crippen LogP contribution in [-0.4, -0.2) is 40.0 Å². The quantitative estimate of drug-likeness (QED) is 0.525. The third kappa shape index (κ3) is 2.81. The fourth-order valence-electron chi connectivity index (χ4n) is 1.69. The molecule has 1 aliphatic rings. The Kier molecular flexibility index (Phi) is 3.73. The molecule has 0 unspecified atom stereocenters. The molecule has 7 heteroatoms. The van der Waals surface area contributed by atoms with E-state index < -0.39 is 19.1 Å². The zero-order valence-corrected chi connectivity index (χ0v) is 9.72. The highest BCUT2D eigenvalue weighted by atomic mass is 32.2. The second-order valence-corrected chi connectivity index (χ2v) is 4.95. The summed E-state index contributed by atoms with van der Waals surface area (Å²) in [5, 5.41) is 29.9. The average molecular weight is 253 g/mol. The minimum absolute atomic E-state index is 0.116. The maximum Gasteiger partial charge on any atom is 0.488 e. The molecule has 0 saturated carbocycles. The lowest BCUT2D eigenvalue weighted by Gasteiger charge is -2.12. The minimum Gasteiger partial charge on any atom is -0.480 e. The van der Waals surface area contributed by atoms with Crippen LogP contribution in [0.5, 0.6) is 0 Å². The van der Waals surface area contributed by atoms with Gasteiger partial charge >= 0.3 is 13.1 Å². The van der Waals surface area contributed by atoms with Crippen molar-refractivity contribution in [2.45, 2.75) is 11.4 Å². The van der Waals surface area contributed by atoms with Crippen molar-refractivity contribution in [2.75, 3.05) is 5.75 Å². The fraction of sp³-hybridized carbons (Fsp3) is 0.300. The molecule has 1 aliphatic heterocycles. The predicted molar refractivity (Wildman–Crippen MR) is 66.0 cm³/mol. The second-order valence-electron chi connectivity index (χ2n) is 3.81. The van der Waals surface area contributed by atoms with E-state index >= 15 is 0 Å². The maximum absolute atomic E-state index is 10.8. The first-order valence-corrected chi connectivity index (χ1v) is 6.19. The summed E-state index contributed by atoms with van der Waals surface area (Å²) in [6.45, 7) is 0. The SMILES string of the molecule is O=C(O)[C@@H]1CS[C@H](c2cccc(B(O)O)c2)N1. The summed E-state index contributed by atoms with van der Waals surface area (Å²) in [4.78, 5) is 10.8. The van der Waals surface area contributed by atoms with Gasteiger partial charge in [-0.15, -0.1) is 11.8 Å². The lowest BCUT2D eigenvalue weighted by atomic mass is 9.79. The molecule has 1 heterocycles. The number of hydrogen-bond acceptors (Lipinski definition) is 5. The smallest absolute Gasteiger partial charge is 0.480 e. The van der Waals surface area contributed by atoms with Gasteiger partial charge in [0.25, 0.3) is 0 Å². The van der Waals surface area contributed by atoms with Gasteiger partial charge in [-0.3, -0.25) is 10.1 Å². The third-order valence-corrected chi connectivity index (χ3v) is 3.86. The number of carbonyl (C=O) groups is 1. The number of rotatable bonds is 3. The van der Waals surface area contributed by atoms with Gasteiger partial charge in [-0.2, -0.15) is 0 Å². The molecule has 0 bridgehead atoms. The molecule has 0 amide bonds. The lowest BCUT2D eigenvalue weighted by molar-refractivity contribution is -0.138. The molecular weight excluding hydrogens is 241 g/mol. The molecule has 1 aromatic rings. The average Bonchev–Trinajstić information content (AvgIpc) is 2.78. The summed E-state index contributed by atoms with van der Waals surface area (Å²) >= 11 is 1.50. The Hall–Kier alpha value is -1.02. The number of nitrogens with one attached hydrogen (secondary N) is 1. The molecule has 90 valence electrons. The Bertz CT molecular complexity index is 429. The molecule has 0 aliphatic carbocycles. The molecule has 4 N–H and O–H groups in total. The zero-order valence-electron chi connectivity index (χ0n) is 8.91. The van der Waals surface area contributed by atoms with Gasteiger partial charge in [0.15, 0.2) is 0 Å². The highest BCUT2D eigenvalue weighted by Gasteiger charge is 2.30.